The normalized spacial score (nSPS) is 20.0. The van der Waals surface area contributed by atoms with Crippen LogP contribution < -0.4 is 0 Å². The number of para-hydroxylation sites is 1. The summed E-state index contributed by atoms with van der Waals surface area (Å²) in [6.07, 6.45) is 4.55. The fourth-order valence-electron chi connectivity index (χ4n) is 3.84. The fourth-order valence-corrected chi connectivity index (χ4v) is 5.75. The van der Waals surface area contributed by atoms with Gasteiger partial charge < -0.3 is 9.47 Å². The number of aromatic nitrogens is 4. The average Bonchev–Trinajstić information content (AvgIpc) is 3.36. The first kappa shape index (κ1) is 18.1. The van der Waals surface area contributed by atoms with E-state index in [0.29, 0.717) is 17.6 Å². The number of piperidine rings is 1. The Morgan fingerprint density at radius 2 is 2.07 bits per heavy atom. The molecule has 2 fully saturated rings. The maximum atomic E-state index is 12.8. The van der Waals surface area contributed by atoms with Gasteiger partial charge in [-0.1, -0.05) is 23.9 Å². The lowest BCUT2D eigenvalue weighted by Crippen LogP contribution is -2.40. The second kappa shape index (κ2) is 7.48. The smallest absolute Gasteiger partial charge is 0.233 e. The Kier molecular flexibility index (Phi) is 4.84. The molecular weight excluding hydrogens is 390 g/mol. The maximum absolute atomic E-state index is 12.8. The van der Waals surface area contributed by atoms with Crippen LogP contribution in [0.3, 0.4) is 0 Å². The van der Waals surface area contributed by atoms with Crippen molar-refractivity contribution in [2.45, 2.75) is 42.7 Å². The standard InChI is InChI=1S/C20H23N5OS2/c1-24-18(13-8-9-13)22-23-20(24)27-12-17(26)25-10-4-5-14(11-25)19-21-15-6-2-3-7-16(15)28-19/h2-3,6-7,13-14H,4-5,8-12H2,1H3/t14-/m1/s1. The van der Waals surface area contributed by atoms with Crippen LogP contribution in [0.5, 0.6) is 0 Å². The molecule has 1 aliphatic carbocycles. The van der Waals surface area contributed by atoms with Crippen molar-refractivity contribution in [2.75, 3.05) is 18.8 Å². The van der Waals surface area contributed by atoms with Gasteiger partial charge in [0.15, 0.2) is 5.16 Å². The minimum Gasteiger partial charge on any atom is -0.341 e. The SMILES string of the molecule is Cn1c(SCC(=O)N2CCC[C@@H](c3nc4ccccc4s3)C2)nnc1C1CC1. The molecule has 0 spiro atoms. The maximum Gasteiger partial charge on any atom is 0.233 e. The van der Waals surface area contributed by atoms with Gasteiger partial charge >= 0.3 is 0 Å². The van der Waals surface area contributed by atoms with Gasteiger partial charge in [-0.05, 0) is 37.8 Å². The Morgan fingerprint density at radius 3 is 2.89 bits per heavy atom. The molecule has 3 aromatic rings. The van der Waals surface area contributed by atoms with E-state index in [0.717, 1.165) is 47.4 Å². The topological polar surface area (TPSA) is 63.9 Å². The summed E-state index contributed by atoms with van der Waals surface area (Å²) in [6.45, 7) is 1.61. The molecule has 5 rings (SSSR count). The molecule has 2 aliphatic rings. The predicted octanol–water partition coefficient (Wildman–Crippen LogP) is 3.80. The molecule has 1 atom stereocenters. The highest BCUT2D eigenvalue weighted by Crippen LogP contribution is 2.39. The zero-order valence-corrected chi connectivity index (χ0v) is 17.5. The van der Waals surface area contributed by atoms with Crippen LogP contribution in [0.15, 0.2) is 29.4 Å². The van der Waals surface area contributed by atoms with Gasteiger partial charge in [0.2, 0.25) is 5.91 Å². The zero-order chi connectivity index (χ0) is 19.1. The van der Waals surface area contributed by atoms with E-state index in [-0.39, 0.29) is 5.91 Å². The fraction of sp³-hybridized carbons (Fsp3) is 0.500. The van der Waals surface area contributed by atoms with Crippen LogP contribution in [0, 0.1) is 0 Å². The van der Waals surface area contributed by atoms with E-state index >= 15 is 0 Å². The number of carbonyl (C=O) groups is 1. The molecule has 1 aliphatic heterocycles. The third kappa shape index (κ3) is 3.55. The highest BCUT2D eigenvalue weighted by Gasteiger charge is 2.30. The molecular formula is C20H23N5OS2. The van der Waals surface area contributed by atoms with Crippen molar-refractivity contribution in [3.63, 3.8) is 0 Å². The lowest BCUT2D eigenvalue weighted by atomic mass is 9.99. The zero-order valence-electron chi connectivity index (χ0n) is 15.9. The summed E-state index contributed by atoms with van der Waals surface area (Å²) in [7, 11) is 2.00. The van der Waals surface area contributed by atoms with Crippen LogP contribution in [0.1, 0.15) is 48.4 Å². The molecule has 1 aromatic carbocycles. The van der Waals surface area contributed by atoms with E-state index in [2.05, 4.69) is 33.0 Å². The van der Waals surface area contributed by atoms with Crippen LogP contribution in [0.25, 0.3) is 10.2 Å². The molecule has 1 amide bonds. The van der Waals surface area contributed by atoms with Gasteiger partial charge in [0.1, 0.15) is 5.82 Å². The van der Waals surface area contributed by atoms with Gasteiger partial charge in [0.25, 0.3) is 0 Å². The molecule has 6 nitrogen and oxygen atoms in total. The first-order chi connectivity index (χ1) is 13.7. The number of hydrogen-bond donors (Lipinski definition) is 0. The van der Waals surface area contributed by atoms with Crippen molar-refractivity contribution in [3.05, 3.63) is 35.1 Å². The summed E-state index contributed by atoms with van der Waals surface area (Å²) >= 11 is 3.27. The molecule has 1 saturated heterocycles. The van der Waals surface area contributed by atoms with Crippen LogP contribution in [-0.2, 0) is 11.8 Å². The Bertz CT molecular complexity index is 976. The van der Waals surface area contributed by atoms with E-state index in [1.54, 1.807) is 11.3 Å². The molecule has 0 unspecified atom stereocenters. The van der Waals surface area contributed by atoms with Crippen molar-refractivity contribution in [2.24, 2.45) is 7.05 Å². The highest BCUT2D eigenvalue weighted by molar-refractivity contribution is 7.99. The number of rotatable bonds is 5. The number of nitrogens with zero attached hydrogens (tertiary/aromatic N) is 5. The van der Waals surface area contributed by atoms with Crippen LogP contribution in [0.2, 0.25) is 0 Å². The quantitative estimate of drug-likeness (QED) is 0.595. The van der Waals surface area contributed by atoms with Crippen molar-refractivity contribution >= 4 is 39.2 Å². The molecule has 2 aromatic heterocycles. The second-order valence-electron chi connectivity index (χ2n) is 7.66. The Morgan fingerprint density at radius 1 is 1.21 bits per heavy atom. The molecule has 0 N–H and O–H groups in total. The number of likely N-dealkylation sites (tertiary alicyclic amines) is 1. The Balaban J connectivity index is 1.22. The first-order valence-electron chi connectivity index (χ1n) is 9.84. The van der Waals surface area contributed by atoms with Gasteiger partial charge in [0.05, 0.1) is 21.0 Å². The summed E-state index contributed by atoms with van der Waals surface area (Å²) in [4.78, 5) is 19.6. The van der Waals surface area contributed by atoms with Crippen LogP contribution in [0.4, 0.5) is 0 Å². The molecule has 28 heavy (non-hydrogen) atoms. The predicted molar refractivity (Wildman–Crippen MR) is 112 cm³/mol. The lowest BCUT2D eigenvalue weighted by molar-refractivity contribution is -0.129. The largest absolute Gasteiger partial charge is 0.341 e. The highest BCUT2D eigenvalue weighted by atomic mass is 32.2. The van der Waals surface area contributed by atoms with Gasteiger partial charge in [0, 0.05) is 32.0 Å². The number of thiazole rings is 1. The van der Waals surface area contributed by atoms with E-state index in [1.807, 2.05) is 18.0 Å². The first-order valence-corrected chi connectivity index (χ1v) is 11.6. The third-order valence-corrected chi connectivity index (χ3v) is 7.77. The molecule has 0 radical (unpaired) electrons. The van der Waals surface area contributed by atoms with Gasteiger partial charge in [-0.25, -0.2) is 4.98 Å². The van der Waals surface area contributed by atoms with Gasteiger partial charge in [-0.3, -0.25) is 4.79 Å². The number of thioether (sulfide) groups is 1. The second-order valence-corrected chi connectivity index (χ2v) is 9.67. The van der Waals surface area contributed by atoms with E-state index in [1.165, 1.54) is 29.3 Å². The minimum atomic E-state index is 0.187. The summed E-state index contributed by atoms with van der Waals surface area (Å²) < 4.78 is 3.28. The van der Waals surface area contributed by atoms with Crippen LogP contribution >= 0.6 is 23.1 Å². The summed E-state index contributed by atoms with van der Waals surface area (Å²) in [5.74, 6) is 2.58. The van der Waals surface area contributed by atoms with Crippen molar-refractivity contribution in [3.8, 4) is 0 Å². The number of carbonyl (C=O) groups excluding carboxylic acids is 1. The number of amides is 1. The van der Waals surface area contributed by atoms with Gasteiger partial charge in [-0.15, -0.1) is 21.5 Å². The van der Waals surface area contributed by atoms with E-state index in [4.69, 9.17) is 4.98 Å². The van der Waals surface area contributed by atoms with E-state index in [9.17, 15) is 4.79 Å². The minimum absolute atomic E-state index is 0.187. The summed E-state index contributed by atoms with van der Waals surface area (Å²) in [5, 5.41) is 10.6. The summed E-state index contributed by atoms with van der Waals surface area (Å²) in [5.41, 5.74) is 1.07. The third-order valence-electron chi connectivity index (χ3n) is 5.57. The lowest BCUT2D eigenvalue weighted by Gasteiger charge is -2.31. The van der Waals surface area contributed by atoms with Gasteiger partial charge in [-0.2, -0.15) is 0 Å². The van der Waals surface area contributed by atoms with Crippen molar-refractivity contribution < 1.29 is 4.79 Å². The van der Waals surface area contributed by atoms with Crippen molar-refractivity contribution in [1.82, 2.24) is 24.6 Å². The number of hydrogen-bond acceptors (Lipinski definition) is 6. The monoisotopic (exact) mass is 413 g/mol. The van der Waals surface area contributed by atoms with Crippen LogP contribution in [-0.4, -0.2) is 49.4 Å². The van der Waals surface area contributed by atoms with Crippen molar-refractivity contribution in [1.29, 1.82) is 0 Å². The molecule has 3 heterocycles. The Labute approximate surface area is 172 Å². The number of fused-ring (bicyclic) bond motifs is 1. The summed E-state index contributed by atoms with van der Waals surface area (Å²) in [6, 6.07) is 8.27. The molecule has 0 bridgehead atoms. The average molecular weight is 414 g/mol. The Hall–Kier alpha value is -1.93. The molecule has 1 saturated carbocycles. The molecule has 146 valence electrons. The number of benzene rings is 1. The van der Waals surface area contributed by atoms with E-state index < -0.39 is 0 Å². The molecule has 8 heteroatoms.